The van der Waals surface area contributed by atoms with Crippen LogP contribution in [0.3, 0.4) is 0 Å². The van der Waals surface area contributed by atoms with Gasteiger partial charge in [-0.25, -0.2) is 13.1 Å². The Bertz CT molecular complexity index is 1160. The Morgan fingerprint density at radius 1 is 1.07 bits per heavy atom. The number of benzene rings is 2. The highest BCUT2D eigenvalue weighted by Gasteiger charge is 2.17. The van der Waals surface area contributed by atoms with Gasteiger partial charge in [-0.2, -0.15) is 0 Å². The predicted molar refractivity (Wildman–Crippen MR) is 124 cm³/mol. The number of aromatic nitrogens is 1. The Balaban J connectivity index is 1.73. The summed E-state index contributed by atoms with van der Waals surface area (Å²) in [6, 6.07) is 16.9. The first-order valence-corrected chi connectivity index (χ1v) is 12.1. The third-order valence-corrected chi connectivity index (χ3v) is 7.23. The molecule has 0 spiro atoms. The van der Waals surface area contributed by atoms with Gasteiger partial charge >= 0.3 is 0 Å². The topological polar surface area (TPSA) is 54.3 Å². The van der Waals surface area contributed by atoms with E-state index in [1.54, 1.807) is 0 Å². The molecule has 1 N–H and O–H groups in total. The van der Waals surface area contributed by atoms with E-state index in [1.165, 1.54) is 34.7 Å². The summed E-state index contributed by atoms with van der Waals surface area (Å²) in [5.41, 5.74) is 6.15. The molecule has 0 aliphatic carbocycles. The lowest BCUT2D eigenvalue weighted by Crippen LogP contribution is -2.23. The fraction of sp³-hybridized carbons (Fsp3) is 0.333. The first-order chi connectivity index (χ1) is 14.4. The molecule has 2 aromatic carbocycles. The number of sulfonamides is 1. The van der Waals surface area contributed by atoms with Crippen molar-refractivity contribution in [3.8, 4) is 0 Å². The quantitative estimate of drug-likeness (QED) is 0.633. The number of nitrogens with zero attached hydrogens (tertiary/aromatic N) is 2. The Labute approximate surface area is 179 Å². The van der Waals surface area contributed by atoms with Crippen LogP contribution in [0, 0.1) is 0 Å². The molecule has 0 saturated carbocycles. The van der Waals surface area contributed by atoms with Crippen LogP contribution < -0.4 is 4.72 Å². The van der Waals surface area contributed by atoms with Gasteiger partial charge in [-0.05, 0) is 55.8 Å². The van der Waals surface area contributed by atoms with Gasteiger partial charge in [0.25, 0.3) is 0 Å². The molecule has 0 fully saturated rings. The Hall–Kier alpha value is -2.41. The highest BCUT2D eigenvalue weighted by molar-refractivity contribution is 7.89. The molecule has 0 atom stereocenters. The Morgan fingerprint density at radius 3 is 2.57 bits per heavy atom. The van der Waals surface area contributed by atoms with Crippen molar-refractivity contribution in [2.24, 2.45) is 0 Å². The Kier molecular flexibility index (Phi) is 6.09. The van der Waals surface area contributed by atoms with E-state index >= 15 is 0 Å². The second kappa shape index (κ2) is 8.76. The van der Waals surface area contributed by atoms with E-state index in [0.717, 1.165) is 31.6 Å². The molecule has 1 aromatic heterocycles. The fourth-order valence-electron chi connectivity index (χ4n) is 4.04. The molecule has 30 heavy (non-hydrogen) atoms. The number of aryl methyl sites for hydroxylation is 1. The van der Waals surface area contributed by atoms with Crippen LogP contribution in [0.15, 0.2) is 60.8 Å². The molecular weight excluding hydrogens is 394 g/mol. The molecule has 0 radical (unpaired) electrons. The van der Waals surface area contributed by atoms with E-state index in [1.807, 2.05) is 6.07 Å². The maximum absolute atomic E-state index is 11.9. The van der Waals surface area contributed by atoms with Gasteiger partial charge in [0.15, 0.2) is 0 Å². The molecule has 2 heterocycles. The van der Waals surface area contributed by atoms with E-state index in [0.29, 0.717) is 6.42 Å². The number of fused-ring (bicyclic) bond motifs is 1. The van der Waals surface area contributed by atoms with Crippen LogP contribution >= 0.6 is 0 Å². The van der Waals surface area contributed by atoms with E-state index in [4.69, 9.17) is 0 Å². The van der Waals surface area contributed by atoms with Gasteiger partial charge in [0.2, 0.25) is 10.0 Å². The van der Waals surface area contributed by atoms with Crippen LogP contribution in [0.2, 0.25) is 0 Å². The molecule has 0 unspecified atom stereocenters. The molecular formula is C24H29N3O2S. The number of likely N-dealkylation sites (N-methyl/N-ethyl adjacent to an activating group) is 1. The second-order valence-electron chi connectivity index (χ2n) is 8.02. The minimum absolute atomic E-state index is 0.0998. The summed E-state index contributed by atoms with van der Waals surface area (Å²) < 4.78 is 28.4. The average molecular weight is 424 g/mol. The maximum Gasteiger partial charge on any atom is 0.211 e. The summed E-state index contributed by atoms with van der Waals surface area (Å²) in [6.07, 6.45) is 6.12. The first kappa shape index (κ1) is 20.8. The minimum atomic E-state index is -3.22. The second-order valence-corrected chi connectivity index (χ2v) is 10.1. The van der Waals surface area contributed by atoms with Gasteiger partial charge in [-0.15, -0.1) is 0 Å². The molecule has 0 bridgehead atoms. The number of hydrogen-bond donors (Lipinski definition) is 1. The summed E-state index contributed by atoms with van der Waals surface area (Å²) in [4.78, 5) is 2.32. The molecule has 0 saturated heterocycles. The lowest BCUT2D eigenvalue weighted by atomic mass is 9.98. The largest absolute Gasteiger partial charge is 0.342 e. The number of nitrogens with one attached hydrogen (secondary N) is 1. The third kappa shape index (κ3) is 4.67. The van der Waals surface area contributed by atoms with Crippen LogP contribution in [0.1, 0.15) is 23.1 Å². The zero-order chi connectivity index (χ0) is 21.1. The lowest BCUT2D eigenvalue weighted by Gasteiger charge is -2.21. The summed E-state index contributed by atoms with van der Waals surface area (Å²) >= 11 is 0. The molecule has 3 aromatic rings. The Morgan fingerprint density at radius 2 is 1.87 bits per heavy atom. The molecule has 5 nitrogen and oxygen atoms in total. The highest BCUT2D eigenvalue weighted by atomic mass is 32.2. The van der Waals surface area contributed by atoms with Crippen molar-refractivity contribution < 1.29 is 8.42 Å². The van der Waals surface area contributed by atoms with Crippen molar-refractivity contribution in [2.45, 2.75) is 19.4 Å². The van der Waals surface area contributed by atoms with Gasteiger partial charge in [0, 0.05) is 42.3 Å². The smallest absolute Gasteiger partial charge is 0.211 e. The van der Waals surface area contributed by atoms with Crippen molar-refractivity contribution in [1.82, 2.24) is 14.2 Å². The standard InChI is InChI=1S/C24H29N3O2S/c1-25-30(28,29)15-12-19-8-9-24-22(16-19)23(21-10-13-26(2)14-11-21)18-27(24)17-20-6-4-3-5-7-20/h3-10,16,18,25H,11-15,17H2,1-2H3. The summed E-state index contributed by atoms with van der Waals surface area (Å²) in [6.45, 7) is 2.83. The lowest BCUT2D eigenvalue weighted by molar-refractivity contribution is 0.370. The van der Waals surface area contributed by atoms with Gasteiger partial charge in [-0.3, -0.25) is 0 Å². The zero-order valence-corrected chi connectivity index (χ0v) is 18.5. The molecule has 1 aliphatic heterocycles. The predicted octanol–water partition coefficient (Wildman–Crippen LogP) is 3.50. The van der Waals surface area contributed by atoms with Crippen LogP contribution in [0.4, 0.5) is 0 Å². The molecule has 4 rings (SSSR count). The zero-order valence-electron chi connectivity index (χ0n) is 17.6. The van der Waals surface area contributed by atoms with Gasteiger partial charge in [0.05, 0.1) is 5.75 Å². The molecule has 6 heteroatoms. The van der Waals surface area contributed by atoms with Crippen molar-refractivity contribution in [3.63, 3.8) is 0 Å². The monoisotopic (exact) mass is 423 g/mol. The van der Waals surface area contributed by atoms with E-state index in [2.05, 4.69) is 76.0 Å². The molecule has 158 valence electrons. The van der Waals surface area contributed by atoms with Gasteiger partial charge in [-0.1, -0.05) is 42.5 Å². The maximum atomic E-state index is 11.9. The van der Waals surface area contributed by atoms with E-state index in [-0.39, 0.29) is 5.75 Å². The first-order valence-electron chi connectivity index (χ1n) is 10.4. The third-order valence-electron chi connectivity index (χ3n) is 5.87. The molecule has 0 amide bonds. The van der Waals surface area contributed by atoms with E-state index in [9.17, 15) is 8.42 Å². The summed E-state index contributed by atoms with van der Waals surface area (Å²) in [7, 11) is 0.395. The van der Waals surface area contributed by atoms with Crippen LogP contribution in [0.5, 0.6) is 0 Å². The van der Waals surface area contributed by atoms with Crippen LogP contribution in [0.25, 0.3) is 16.5 Å². The van der Waals surface area contributed by atoms with Crippen molar-refractivity contribution in [3.05, 3.63) is 77.5 Å². The van der Waals surface area contributed by atoms with Crippen LogP contribution in [-0.2, 0) is 23.0 Å². The minimum Gasteiger partial charge on any atom is -0.342 e. The number of rotatable bonds is 7. The number of hydrogen-bond acceptors (Lipinski definition) is 3. The average Bonchev–Trinajstić information content (AvgIpc) is 3.11. The van der Waals surface area contributed by atoms with Crippen molar-refractivity contribution in [1.29, 1.82) is 0 Å². The fourth-order valence-corrected chi connectivity index (χ4v) is 4.74. The normalized spacial score (nSPS) is 15.5. The SMILES string of the molecule is CNS(=O)(=O)CCc1ccc2c(c1)c(C1=CCN(C)CC1)cn2Cc1ccccc1. The van der Waals surface area contributed by atoms with Gasteiger partial charge in [0.1, 0.15) is 0 Å². The van der Waals surface area contributed by atoms with Gasteiger partial charge < -0.3 is 9.47 Å². The van der Waals surface area contributed by atoms with Crippen molar-refractivity contribution in [2.75, 3.05) is 32.9 Å². The highest BCUT2D eigenvalue weighted by Crippen LogP contribution is 2.32. The molecule has 1 aliphatic rings. The summed E-state index contributed by atoms with van der Waals surface area (Å²) in [5.74, 6) is 0.0998. The van der Waals surface area contributed by atoms with Crippen LogP contribution in [-0.4, -0.2) is 50.8 Å². The van der Waals surface area contributed by atoms with Crippen molar-refractivity contribution >= 4 is 26.5 Å². The van der Waals surface area contributed by atoms with E-state index < -0.39 is 10.0 Å². The summed E-state index contributed by atoms with van der Waals surface area (Å²) in [5, 5.41) is 1.21.